The van der Waals surface area contributed by atoms with Crippen LogP contribution in [-0.4, -0.2) is 24.1 Å². The summed E-state index contributed by atoms with van der Waals surface area (Å²) in [5.41, 5.74) is 2.16. The fraction of sp³-hybridized carbons (Fsp3) is 0.400. The second-order valence-corrected chi connectivity index (χ2v) is 5.43. The molecule has 0 aliphatic heterocycles. The number of rotatable bonds is 8. The molecule has 0 N–H and O–H groups in total. The Hall–Kier alpha value is -1.64. The number of hydrogen-bond acceptors (Lipinski definition) is 2. The summed E-state index contributed by atoms with van der Waals surface area (Å²) in [6.45, 7) is 4.66. The summed E-state index contributed by atoms with van der Waals surface area (Å²) in [6.07, 6.45) is -0.323. The Morgan fingerprint density at radius 2 is 1.50 bits per heavy atom. The molecule has 0 saturated carbocycles. The largest absolute Gasteiger partial charge is 0.380 e. The first kappa shape index (κ1) is 11.9. The van der Waals surface area contributed by atoms with Crippen LogP contribution in [0, 0.1) is 0 Å². The van der Waals surface area contributed by atoms with E-state index in [0.29, 0.717) is 19.5 Å². The van der Waals surface area contributed by atoms with Gasteiger partial charge in [0.15, 0.2) is 0 Å². The van der Waals surface area contributed by atoms with Crippen LogP contribution in [0.5, 0.6) is 0 Å². The molecule has 118 valence electrons. The van der Waals surface area contributed by atoms with E-state index in [4.69, 9.17) is 10.2 Å². The van der Waals surface area contributed by atoms with Crippen molar-refractivity contribution in [3.8, 4) is 0 Å². The van der Waals surface area contributed by atoms with E-state index in [2.05, 4.69) is 0 Å². The fourth-order valence-corrected chi connectivity index (χ4v) is 2.70. The van der Waals surface area contributed by atoms with Crippen molar-refractivity contribution in [1.29, 1.82) is 0 Å². The van der Waals surface area contributed by atoms with Crippen molar-refractivity contribution < 1.29 is 10.2 Å². The van der Waals surface area contributed by atoms with Crippen LogP contribution >= 0.6 is 0 Å². The molecule has 0 radical (unpaired) electrons. The number of methoxy groups -OCH3 is 1. The summed E-state index contributed by atoms with van der Waals surface area (Å²) < 4.78 is 36.5. The molecule has 2 nitrogen and oxygen atoms in total. The zero-order valence-corrected chi connectivity index (χ0v) is 13.3. The van der Waals surface area contributed by atoms with Crippen LogP contribution in [0.25, 0.3) is 0 Å². The summed E-state index contributed by atoms with van der Waals surface area (Å²) in [5, 5.41) is 0. The Balaban J connectivity index is 2.32. The van der Waals surface area contributed by atoms with Crippen LogP contribution in [0.4, 0.5) is 0 Å². The number of ether oxygens (including phenoxy) is 1. The third-order valence-corrected chi connectivity index (χ3v) is 3.85. The quantitative estimate of drug-likeness (QED) is 0.711. The highest BCUT2D eigenvalue weighted by atomic mass is 16.5. The second kappa shape index (κ2) is 8.72. The van der Waals surface area contributed by atoms with Crippen molar-refractivity contribution in [3.63, 3.8) is 0 Å². The number of hydrogen-bond donors (Lipinski definition) is 0. The van der Waals surface area contributed by atoms with Crippen LogP contribution in [0.1, 0.15) is 36.9 Å². The Morgan fingerprint density at radius 3 is 1.91 bits per heavy atom. The first-order valence-electron chi connectivity index (χ1n) is 9.75. The summed E-state index contributed by atoms with van der Waals surface area (Å²) in [7, 11) is -2.52. The topological polar surface area (TPSA) is 12.5 Å². The Bertz CT molecular complexity index is 621. The molecule has 2 heteroatoms. The van der Waals surface area contributed by atoms with E-state index >= 15 is 0 Å². The lowest BCUT2D eigenvalue weighted by molar-refractivity contribution is 0.0159. The highest BCUT2D eigenvalue weighted by Crippen LogP contribution is 2.19. The van der Waals surface area contributed by atoms with Gasteiger partial charge in [0.25, 0.3) is 0 Å². The maximum absolute atomic E-state index is 9.06. The zero-order chi connectivity index (χ0) is 19.2. The van der Waals surface area contributed by atoms with Crippen LogP contribution in [0.2, 0.25) is 0 Å². The molecule has 2 atom stereocenters. The van der Waals surface area contributed by atoms with E-state index < -0.39 is 19.2 Å². The van der Waals surface area contributed by atoms with Crippen molar-refractivity contribution in [2.45, 2.75) is 45.5 Å². The first-order chi connectivity index (χ1) is 12.2. The molecule has 0 aliphatic rings. The molecule has 0 aromatic heterocycles. The highest BCUT2D eigenvalue weighted by molar-refractivity contribution is 5.17. The molecule has 2 rings (SSSR count). The van der Waals surface area contributed by atoms with Crippen molar-refractivity contribution in [2.24, 2.45) is 0 Å². The van der Waals surface area contributed by atoms with Crippen LogP contribution < -0.4 is 0 Å². The van der Waals surface area contributed by atoms with Crippen LogP contribution in [0.15, 0.2) is 60.7 Å². The average Bonchev–Trinajstić information content (AvgIpc) is 2.61. The van der Waals surface area contributed by atoms with Gasteiger partial charge >= 0.3 is 0 Å². The van der Waals surface area contributed by atoms with Gasteiger partial charge < -0.3 is 4.74 Å². The van der Waals surface area contributed by atoms with Gasteiger partial charge in [0.2, 0.25) is 0 Å². The van der Waals surface area contributed by atoms with Gasteiger partial charge in [-0.25, -0.2) is 0 Å². The Labute approximate surface area is 140 Å². The molecule has 0 fully saturated rings. The van der Waals surface area contributed by atoms with E-state index in [-0.39, 0.29) is 0 Å². The standard InChI is InChI=1S/C20H27NO/c1-4-20(17(2)22-3)21(15-18-11-7-5-8-12-18)16-19-13-9-6-10-14-19/h5-14,17,20H,4,15-16H2,1-3H3/i3D3,20D. The van der Waals surface area contributed by atoms with E-state index in [0.717, 1.165) is 11.1 Å². The first-order valence-corrected chi connectivity index (χ1v) is 7.75. The predicted octanol–water partition coefficient (Wildman–Crippen LogP) is 4.50. The monoisotopic (exact) mass is 301 g/mol. The van der Waals surface area contributed by atoms with Gasteiger partial charge in [-0.15, -0.1) is 0 Å². The summed E-state index contributed by atoms with van der Waals surface area (Å²) in [4.78, 5) is 1.99. The summed E-state index contributed by atoms with van der Waals surface area (Å²) in [5.74, 6) is 0. The maximum Gasteiger partial charge on any atom is 0.0698 e. The smallest absolute Gasteiger partial charge is 0.0698 e. The van der Waals surface area contributed by atoms with Gasteiger partial charge in [0.1, 0.15) is 0 Å². The fourth-order valence-electron chi connectivity index (χ4n) is 2.70. The zero-order valence-electron chi connectivity index (χ0n) is 17.3. The number of nitrogens with zero attached hydrogens (tertiary/aromatic N) is 1. The molecule has 0 spiro atoms. The third-order valence-electron chi connectivity index (χ3n) is 3.85. The SMILES string of the molecule is [2H]C([2H])([2H])OC(C)C([2H])(CC)N(Cc1ccccc1)Cc1ccccc1. The van der Waals surface area contributed by atoms with Crippen molar-refractivity contribution in [1.82, 2.24) is 4.90 Å². The molecule has 0 amide bonds. The Morgan fingerprint density at radius 1 is 1.00 bits per heavy atom. The van der Waals surface area contributed by atoms with Crippen molar-refractivity contribution >= 4 is 0 Å². The van der Waals surface area contributed by atoms with Gasteiger partial charge in [0, 0.05) is 27.5 Å². The van der Waals surface area contributed by atoms with E-state index in [1.807, 2.05) is 72.5 Å². The lowest BCUT2D eigenvalue weighted by Crippen LogP contribution is -2.42. The van der Waals surface area contributed by atoms with Gasteiger partial charge in [-0.1, -0.05) is 67.6 Å². The lowest BCUT2D eigenvalue weighted by Gasteiger charge is -2.34. The lowest BCUT2D eigenvalue weighted by atomic mass is 10.0. The summed E-state index contributed by atoms with van der Waals surface area (Å²) in [6, 6.07) is 18.7. The molecule has 0 bridgehead atoms. The third kappa shape index (κ3) is 4.69. The predicted molar refractivity (Wildman–Crippen MR) is 92.7 cm³/mol. The summed E-state index contributed by atoms with van der Waals surface area (Å²) >= 11 is 0. The highest BCUT2D eigenvalue weighted by Gasteiger charge is 2.23. The van der Waals surface area contributed by atoms with Crippen LogP contribution in [-0.2, 0) is 17.8 Å². The molecule has 0 heterocycles. The molecule has 0 saturated heterocycles. The number of benzene rings is 2. The van der Waals surface area contributed by atoms with E-state index in [1.54, 1.807) is 6.92 Å². The van der Waals surface area contributed by atoms with Crippen molar-refractivity contribution in [2.75, 3.05) is 7.04 Å². The molecule has 2 aromatic rings. The normalized spacial score (nSPS) is 18.7. The van der Waals surface area contributed by atoms with Gasteiger partial charge in [-0.3, -0.25) is 4.90 Å². The molecule has 22 heavy (non-hydrogen) atoms. The van der Waals surface area contributed by atoms with Crippen molar-refractivity contribution in [3.05, 3.63) is 71.8 Å². The van der Waals surface area contributed by atoms with Gasteiger partial charge in [0.05, 0.1) is 10.2 Å². The van der Waals surface area contributed by atoms with E-state index in [1.165, 1.54) is 0 Å². The second-order valence-electron chi connectivity index (χ2n) is 5.43. The minimum absolute atomic E-state index is 0.448. The minimum Gasteiger partial charge on any atom is -0.380 e. The van der Waals surface area contributed by atoms with E-state index in [9.17, 15) is 0 Å². The minimum atomic E-state index is -2.52. The average molecular weight is 301 g/mol. The molecule has 2 aromatic carbocycles. The maximum atomic E-state index is 9.06. The molecular weight excluding hydrogens is 270 g/mol. The van der Waals surface area contributed by atoms with Crippen LogP contribution in [0.3, 0.4) is 0 Å². The van der Waals surface area contributed by atoms with Gasteiger partial charge in [-0.2, -0.15) is 0 Å². The molecular formula is C20H27NO. The molecule has 0 aliphatic carbocycles. The molecule has 2 unspecified atom stereocenters. The van der Waals surface area contributed by atoms with Gasteiger partial charge in [-0.05, 0) is 24.5 Å². The Kier molecular flexibility index (Phi) is 4.70.